The fraction of sp³-hybridized carbons (Fsp3) is 0.0541. The van der Waals surface area contributed by atoms with Crippen LogP contribution in [0.3, 0.4) is 0 Å². The largest absolute Gasteiger partial charge is 0.495 e. The molecule has 10 heteroatoms. The quantitative estimate of drug-likeness (QED) is 0.0956. The van der Waals surface area contributed by atoms with E-state index in [0.29, 0.717) is 38.3 Å². The average Bonchev–Trinajstić information content (AvgIpc) is 3.08. The van der Waals surface area contributed by atoms with Gasteiger partial charge in [-0.3, -0.25) is 14.4 Å². The first kappa shape index (κ1) is 33.3. The number of carbonyl (C=O) groups excluding carboxylic acids is 3. The average molecular weight is 683 g/mol. The highest BCUT2D eigenvalue weighted by atomic mass is 35.5. The number of ether oxygens (including phenoxy) is 1. The summed E-state index contributed by atoms with van der Waals surface area (Å²) in [6, 6.07) is 37.1. The summed E-state index contributed by atoms with van der Waals surface area (Å²) in [5.74, 6) is -0.813. The van der Waals surface area contributed by atoms with Gasteiger partial charge in [-0.15, -0.1) is 11.8 Å². The number of rotatable bonds is 11. The van der Waals surface area contributed by atoms with Crippen LogP contribution in [0.15, 0.2) is 138 Å². The monoisotopic (exact) mass is 681 g/mol. The first-order valence-electron chi connectivity index (χ1n) is 14.4. The van der Waals surface area contributed by atoms with Gasteiger partial charge in [0.15, 0.2) is 0 Å². The number of carbonyl (C=O) groups is 3. The molecule has 3 amide bonds. The summed E-state index contributed by atoms with van der Waals surface area (Å²) in [7, 11) is 1.52. The van der Waals surface area contributed by atoms with Gasteiger partial charge in [-0.2, -0.15) is 0 Å². The van der Waals surface area contributed by atoms with Crippen molar-refractivity contribution >= 4 is 70.1 Å². The Morgan fingerprint density at radius 3 is 2.19 bits per heavy atom. The molecule has 1 unspecified atom stereocenters. The summed E-state index contributed by atoms with van der Waals surface area (Å²) in [6.45, 7) is 0. The Bertz CT molecular complexity index is 1920. The Kier molecular flexibility index (Phi) is 11.4. The van der Waals surface area contributed by atoms with Crippen LogP contribution in [0.2, 0.25) is 10.0 Å². The molecule has 0 saturated heterocycles. The molecule has 5 aromatic rings. The highest BCUT2D eigenvalue weighted by molar-refractivity contribution is 8.00. The van der Waals surface area contributed by atoms with E-state index in [4.69, 9.17) is 27.9 Å². The number of anilines is 2. The van der Waals surface area contributed by atoms with E-state index < -0.39 is 17.1 Å². The van der Waals surface area contributed by atoms with Crippen LogP contribution in [0.5, 0.6) is 5.75 Å². The number of amides is 3. The zero-order valence-corrected chi connectivity index (χ0v) is 27.4. The predicted molar refractivity (Wildman–Crippen MR) is 190 cm³/mol. The second-order valence-electron chi connectivity index (χ2n) is 10.1. The number of nitrogens with one attached hydrogen (secondary N) is 3. The third-order valence-corrected chi connectivity index (χ3v) is 8.67. The Balaban J connectivity index is 1.39. The van der Waals surface area contributed by atoms with Crippen LogP contribution in [-0.4, -0.2) is 24.8 Å². The fourth-order valence-electron chi connectivity index (χ4n) is 4.55. The molecular formula is C37H29Cl2N3O4S. The second kappa shape index (κ2) is 16.0. The van der Waals surface area contributed by atoms with E-state index in [9.17, 15) is 14.4 Å². The Hall–Kier alpha value is -5.02. The van der Waals surface area contributed by atoms with Gasteiger partial charge in [0.2, 0.25) is 5.91 Å². The SMILES string of the molecule is COc1ccc(Cl)cc1NC(=O)C(Sc1cccc(NC(=O)/C(=C\c2ccccc2Cl)NC(=O)c2ccccc2)c1)c1ccccc1. The minimum atomic E-state index is -0.660. The summed E-state index contributed by atoms with van der Waals surface area (Å²) in [5, 5.41) is 8.76. The molecule has 7 nitrogen and oxygen atoms in total. The third kappa shape index (κ3) is 9.04. The molecule has 0 saturated carbocycles. The van der Waals surface area contributed by atoms with Crippen LogP contribution in [0.4, 0.5) is 11.4 Å². The van der Waals surface area contributed by atoms with Crippen molar-refractivity contribution < 1.29 is 19.1 Å². The van der Waals surface area contributed by atoms with E-state index in [1.54, 1.807) is 91.0 Å². The lowest BCUT2D eigenvalue weighted by Crippen LogP contribution is -2.30. The van der Waals surface area contributed by atoms with E-state index in [2.05, 4.69) is 16.0 Å². The molecular weight excluding hydrogens is 653 g/mol. The molecule has 0 bridgehead atoms. The normalized spacial score (nSPS) is 11.7. The van der Waals surface area contributed by atoms with Crippen molar-refractivity contribution in [1.29, 1.82) is 0 Å². The summed E-state index contributed by atoms with van der Waals surface area (Å²) in [4.78, 5) is 41.1. The zero-order chi connectivity index (χ0) is 33.2. The van der Waals surface area contributed by atoms with Crippen LogP contribution in [0.1, 0.15) is 26.7 Å². The Morgan fingerprint density at radius 2 is 1.47 bits per heavy atom. The van der Waals surface area contributed by atoms with Crippen LogP contribution in [-0.2, 0) is 9.59 Å². The zero-order valence-electron chi connectivity index (χ0n) is 25.1. The maximum Gasteiger partial charge on any atom is 0.272 e. The maximum absolute atomic E-state index is 13.7. The van der Waals surface area contributed by atoms with E-state index in [0.717, 1.165) is 10.5 Å². The Labute approximate surface area is 287 Å². The van der Waals surface area contributed by atoms with Gasteiger partial charge in [-0.1, -0.05) is 96.0 Å². The topological polar surface area (TPSA) is 96.5 Å². The van der Waals surface area contributed by atoms with E-state index in [1.165, 1.54) is 24.9 Å². The lowest BCUT2D eigenvalue weighted by molar-refractivity contribution is -0.116. The highest BCUT2D eigenvalue weighted by Gasteiger charge is 2.24. The van der Waals surface area contributed by atoms with Crippen LogP contribution < -0.4 is 20.7 Å². The van der Waals surface area contributed by atoms with Gasteiger partial charge in [-0.05, 0) is 71.8 Å². The molecule has 5 aromatic carbocycles. The van der Waals surface area contributed by atoms with Crippen molar-refractivity contribution in [2.75, 3.05) is 17.7 Å². The molecule has 0 heterocycles. The number of halogens is 2. The first-order valence-corrected chi connectivity index (χ1v) is 16.0. The van der Waals surface area contributed by atoms with Crippen molar-refractivity contribution in [1.82, 2.24) is 5.32 Å². The predicted octanol–water partition coefficient (Wildman–Crippen LogP) is 8.88. The van der Waals surface area contributed by atoms with Crippen LogP contribution in [0.25, 0.3) is 6.08 Å². The summed E-state index contributed by atoms with van der Waals surface area (Å²) >= 11 is 13.9. The minimum absolute atomic E-state index is 0.00187. The van der Waals surface area contributed by atoms with Crippen molar-refractivity contribution in [3.63, 3.8) is 0 Å². The van der Waals surface area contributed by atoms with Crippen molar-refractivity contribution in [2.24, 2.45) is 0 Å². The summed E-state index contributed by atoms with van der Waals surface area (Å²) < 4.78 is 5.41. The van der Waals surface area contributed by atoms with Crippen molar-refractivity contribution in [3.8, 4) is 5.75 Å². The van der Waals surface area contributed by atoms with Gasteiger partial charge in [0.05, 0.1) is 12.8 Å². The molecule has 0 aromatic heterocycles. The van der Waals surface area contributed by atoms with Crippen molar-refractivity contribution in [2.45, 2.75) is 10.1 Å². The number of benzene rings is 5. The van der Waals surface area contributed by atoms with Gasteiger partial charge in [0, 0.05) is 26.2 Å². The molecule has 0 aliphatic rings. The molecule has 47 heavy (non-hydrogen) atoms. The Morgan fingerprint density at radius 1 is 0.766 bits per heavy atom. The standard InChI is InChI=1S/C37H29Cl2N3O4S/c1-46-33-20-19-27(38)22-31(33)41-37(45)34(24-11-4-2-5-12-24)47-29-17-10-16-28(23-29)40-36(44)32(21-26-15-8-9-18-30(26)39)42-35(43)25-13-6-3-7-14-25/h2-23,34H,1H3,(H,40,44)(H,41,45)(H,42,43)/b32-21+. The highest BCUT2D eigenvalue weighted by Crippen LogP contribution is 2.38. The van der Waals surface area contributed by atoms with Gasteiger partial charge < -0.3 is 20.7 Å². The molecule has 0 aliphatic heterocycles. The van der Waals surface area contributed by atoms with E-state index in [-0.39, 0.29) is 11.6 Å². The molecule has 0 aliphatic carbocycles. The first-order chi connectivity index (χ1) is 22.8. The van der Waals surface area contributed by atoms with Gasteiger partial charge in [0.1, 0.15) is 16.7 Å². The molecule has 5 rings (SSSR count). The van der Waals surface area contributed by atoms with E-state index in [1.807, 2.05) is 36.4 Å². The number of methoxy groups -OCH3 is 1. The van der Waals surface area contributed by atoms with Gasteiger partial charge in [0.25, 0.3) is 11.8 Å². The molecule has 1 atom stereocenters. The smallest absolute Gasteiger partial charge is 0.272 e. The molecule has 3 N–H and O–H groups in total. The van der Waals surface area contributed by atoms with E-state index >= 15 is 0 Å². The second-order valence-corrected chi connectivity index (χ2v) is 12.1. The summed E-state index contributed by atoms with van der Waals surface area (Å²) in [5.41, 5.74) is 2.64. The molecule has 236 valence electrons. The number of thioether (sulfide) groups is 1. The lowest BCUT2D eigenvalue weighted by atomic mass is 10.1. The molecule has 0 radical (unpaired) electrons. The fourth-order valence-corrected chi connectivity index (χ4v) is 5.99. The van der Waals surface area contributed by atoms with Crippen LogP contribution in [0, 0.1) is 0 Å². The molecule has 0 spiro atoms. The van der Waals surface area contributed by atoms with Crippen LogP contribution >= 0.6 is 35.0 Å². The van der Waals surface area contributed by atoms with Gasteiger partial charge >= 0.3 is 0 Å². The maximum atomic E-state index is 13.7. The van der Waals surface area contributed by atoms with Crippen molar-refractivity contribution in [3.05, 3.63) is 160 Å². The minimum Gasteiger partial charge on any atom is -0.495 e. The summed E-state index contributed by atoms with van der Waals surface area (Å²) in [6.07, 6.45) is 1.52. The third-order valence-electron chi connectivity index (χ3n) is 6.84. The van der Waals surface area contributed by atoms with Gasteiger partial charge in [-0.25, -0.2) is 0 Å². The molecule has 0 fully saturated rings. The number of hydrogen-bond donors (Lipinski definition) is 3. The lowest BCUT2D eigenvalue weighted by Gasteiger charge is -2.19. The number of hydrogen-bond acceptors (Lipinski definition) is 5.